The van der Waals surface area contributed by atoms with Crippen molar-refractivity contribution in [3.8, 4) is 0 Å². The molecule has 0 saturated heterocycles. The highest BCUT2D eigenvalue weighted by Crippen LogP contribution is 2.19. The second-order valence-electron chi connectivity index (χ2n) is 4.57. The molecule has 2 N–H and O–H groups in total. The van der Waals surface area contributed by atoms with E-state index < -0.39 is 11.6 Å². The van der Waals surface area contributed by atoms with Gasteiger partial charge in [0.15, 0.2) is 0 Å². The Morgan fingerprint density at radius 2 is 2.05 bits per heavy atom. The molecule has 0 saturated carbocycles. The summed E-state index contributed by atoms with van der Waals surface area (Å²) in [5.74, 6) is -0.984. The largest absolute Gasteiger partial charge is 0.394 e. The molecular formula is C14H17F2N3O. The van der Waals surface area contributed by atoms with E-state index >= 15 is 0 Å². The number of hydrogen-bond donors (Lipinski definition) is 2. The second-order valence-corrected chi connectivity index (χ2v) is 4.57. The van der Waals surface area contributed by atoms with E-state index in [4.69, 9.17) is 5.11 Å². The van der Waals surface area contributed by atoms with Gasteiger partial charge in [-0.25, -0.2) is 8.78 Å². The van der Waals surface area contributed by atoms with E-state index in [0.717, 1.165) is 35.2 Å². The van der Waals surface area contributed by atoms with Gasteiger partial charge in [-0.3, -0.25) is 4.68 Å². The minimum atomic E-state index is -0.496. The molecule has 0 aliphatic heterocycles. The number of hydrogen-bond acceptors (Lipinski definition) is 3. The second kappa shape index (κ2) is 6.00. The molecule has 0 radical (unpaired) electrons. The Morgan fingerprint density at radius 3 is 2.75 bits per heavy atom. The van der Waals surface area contributed by atoms with Gasteiger partial charge in [0.05, 0.1) is 24.5 Å². The van der Waals surface area contributed by atoms with Crippen LogP contribution < -0.4 is 5.32 Å². The molecule has 6 heteroatoms. The van der Waals surface area contributed by atoms with E-state index in [2.05, 4.69) is 10.4 Å². The average Bonchev–Trinajstić information content (AvgIpc) is 2.67. The fraction of sp³-hybridized carbons (Fsp3) is 0.357. The van der Waals surface area contributed by atoms with Crippen molar-refractivity contribution in [1.82, 2.24) is 9.78 Å². The standard InChI is InChI=1S/C14H17F2N3O/c1-9-12(10(2)19(18-9)5-6-20)8-17-14-7-11(15)3-4-13(14)16/h3-4,7,17,20H,5-6,8H2,1-2H3. The summed E-state index contributed by atoms with van der Waals surface area (Å²) in [6.07, 6.45) is 0. The van der Waals surface area contributed by atoms with Crippen molar-refractivity contribution in [2.75, 3.05) is 11.9 Å². The number of nitrogens with one attached hydrogen (secondary N) is 1. The third-order valence-electron chi connectivity index (χ3n) is 3.23. The Labute approximate surface area is 116 Å². The zero-order chi connectivity index (χ0) is 14.7. The van der Waals surface area contributed by atoms with Gasteiger partial charge in [0.25, 0.3) is 0 Å². The van der Waals surface area contributed by atoms with Crippen LogP contribution in [0.5, 0.6) is 0 Å². The molecule has 0 fully saturated rings. The first-order chi connectivity index (χ1) is 9.52. The molecule has 0 unspecified atom stereocenters. The number of aliphatic hydroxyl groups excluding tert-OH is 1. The molecule has 4 nitrogen and oxygen atoms in total. The summed E-state index contributed by atoms with van der Waals surface area (Å²) in [7, 11) is 0. The highest BCUT2D eigenvalue weighted by atomic mass is 19.1. The lowest BCUT2D eigenvalue weighted by Gasteiger charge is -2.08. The Bertz CT molecular complexity index is 611. The summed E-state index contributed by atoms with van der Waals surface area (Å²) in [5, 5.41) is 16.1. The number of rotatable bonds is 5. The molecule has 0 bridgehead atoms. The smallest absolute Gasteiger partial charge is 0.146 e. The van der Waals surface area contributed by atoms with Crippen LogP contribution in [0.2, 0.25) is 0 Å². The molecule has 1 aromatic heterocycles. The molecule has 0 aliphatic carbocycles. The van der Waals surface area contributed by atoms with Crippen LogP contribution in [0.3, 0.4) is 0 Å². The Kier molecular flexibility index (Phi) is 4.34. The third kappa shape index (κ3) is 2.96. The van der Waals surface area contributed by atoms with Crippen LogP contribution in [0.1, 0.15) is 17.0 Å². The minimum absolute atomic E-state index is 0.00729. The predicted octanol–water partition coefficient (Wildman–Crippen LogP) is 2.38. The van der Waals surface area contributed by atoms with Crippen LogP contribution in [0.15, 0.2) is 18.2 Å². The molecule has 2 rings (SSSR count). The summed E-state index contributed by atoms with van der Waals surface area (Å²) < 4.78 is 28.3. The zero-order valence-electron chi connectivity index (χ0n) is 11.5. The van der Waals surface area contributed by atoms with E-state index in [1.165, 1.54) is 0 Å². The van der Waals surface area contributed by atoms with E-state index in [9.17, 15) is 8.78 Å². The van der Waals surface area contributed by atoms with Crippen molar-refractivity contribution in [3.05, 3.63) is 46.8 Å². The van der Waals surface area contributed by atoms with Crippen LogP contribution in [0, 0.1) is 25.5 Å². The highest BCUT2D eigenvalue weighted by molar-refractivity contribution is 5.46. The van der Waals surface area contributed by atoms with Crippen molar-refractivity contribution in [3.63, 3.8) is 0 Å². The average molecular weight is 281 g/mol. The van der Waals surface area contributed by atoms with Crippen molar-refractivity contribution in [2.24, 2.45) is 0 Å². The molecule has 20 heavy (non-hydrogen) atoms. The van der Waals surface area contributed by atoms with Gasteiger partial charge in [-0.2, -0.15) is 5.10 Å². The lowest BCUT2D eigenvalue weighted by atomic mass is 10.2. The Morgan fingerprint density at radius 1 is 1.30 bits per heavy atom. The Balaban J connectivity index is 2.16. The molecule has 0 atom stereocenters. The van der Waals surface area contributed by atoms with Crippen LogP contribution in [0.25, 0.3) is 0 Å². The number of anilines is 1. The van der Waals surface area contributed by atoms with Crippen LogP contribution in [0.4, 0.5) is 14.5 Å². The number of aromatic nitrogens is 2. The van der Waals surface area contributed by atoms with E-state index in [1.807, 2.05) is 13.8 Å². The third-order valence-corrected chi connectivity index (χ3v) is 3.23. The zero-order valence-corrected chi connectivity index (χ0v) is 11.5. The molecular weight excluding hydrogens is 264 g/mol. The van der Waals surface area contributed by atoms with E-state index in [0.29, 0.717) is 13.1 Å². The topological polar surface area (TPSA) is 50.1 Å². The quantitative estimate of drug-likeness (QED) is 0.884. The highest BCUT2D eigenvalue weighted by Gasteiger charge is 2.12. The first-order valence-corrected chi connectivity index (χ1v) is 6.35. The molecule has 0 spiro atoms. The van der Waals surface area contributed by atoms with Crippen molar-refractivity contribution < 1.29 is 13.9 Å². The maximum absolute atomic E-state index is 13.5. The molecule has 2 aromatic rings. The SMILES string of the molecule is Cc1nn(CCO)c(C)c1CNc1cc(F)ccc1F. The lowest BCUT2D eigenvalue weighted by Crippen LogP contribution is -2.07. The first-order valence-electron chi connectivity index (χ1n) is 6.35. The fourth-order valence-electron chi connectivity index (χ4n) is 2.12. The summed E-state index contributed by atoms with van der Waals surface area (Å²) in [5.41, 5.74) is 2.75. The van der Waals surface area contributed by atoms with Gasteiger partial charge in [-0.05, 0) is 32.0 Å². The van der Waals surface area contributed by atoms with Gasteiger partial charge in [0, 0.05) is 17.8 Å². The Hall–Kier alpha value is -1.95. The molecule has 0 amide bonds. The molecule has 1 aromatic carbocycles. The molecule has 0 aliphatic rings. The minimum Gasteiger partial charge on any atom is -0.394 e. The van der Waals surface area contributed by atoms with Gasteiger partial charge in [-0.1, -0.05) is 0 Å². The van der Waals surface area contributed by atoms with Gasteiger partial charge in [-0.15, -0.1) is 0 Å². The van der Waals surface area contributed by atoms with Gasteiger partial charge >= 0.3 is 0 Å². The molecule has 1 heterocycles. The van der Waals surface area contributed by atoms with Gasteiger partial charge in [0.1, 0.15) is 11.6 Å². The van der Waals surface area contributed by atoms with Gasteiger partial charge in [0.2, 0.25) is 0 Å². The number of nitrogens with zero attached hydrogens (tertiary/aromatic N) is 2. The van der Waals surface area contributed by atoms with Crippen molar-refractivity contribution in [2.45, 2.75) is 26.9 Å². The van der Waals surface area contributed by atoms with Crippen molar-refractivity contribution >= 4 is 5.69 Å². The molecule has 108 valence electrons. The summed E-state index contributed by atoms with van der Waals surface area (Å²) in [4.78, 5) is 0. The normalized spacial score (nSPS) is 10.8. The maximum Gasteiger partial charge on any atom is 0.146 e. The maximum atomic E-state index is 13.5. The summed E-state index contributed by atoms with van der Waals surface area (Å²) in [6.45, 7) is 4.51. The summed E-state index contributed by atoms with van der Waals surface area (Å²) >= 11 is 0. The number of aliphatic hydroxyl groups is 1. The summed E-state index contributed by atoms with van der Waals surface area (Å²) in [6, 6.07) is 3.29. The fourth-order valence-corrected chi connectivity index (χ4v) is 2.12. The number of halogens is 2. The van der Waals surface area contributed by atoms with Crippen LogP contribution in [-0.4, -0.2) is 21.5 Å². The van der Waals surface area contributed by atoms with Crippen LogP contribution >= 0.6 is 0 Å². The first kappa shape index (κ1) is 14.5. The monoisotopic (exact) mass is 281 g/mol. The van der Waals surface area contributed by atoms with E-state index in [-0.39, 0.29) is 12.3 Å². The lowest BCUT2D eigenvalue weighted by molar-refractivity contribution is 0.268. The van der Waals surface area contributed by atoms with E-state index in [1.54, 1.807) is 4.68 Å². The van der Waals surface area contributed by atoms with Gasteiger partial charge < -0.3 is 10.4 Å². The number of benzene rings is 1. The number of aryl methyl sites for hydroxylation is 1. The predicted molar refractivity (Wildman–Crippen MR) is 72.5 cm³/mol. The van der Waals surface area contributed by atoms with Crippen molar-refractivity contribution in [1.29, 1.82) is 0 Å². The van der Waals surface area contributed by atoms with Crippen LogP contribution in [-0.2, 0) is 13.1 Å².